The van der Waals surface area contributed by atoms with Crippen LogP contribution in [-0.2, 0) is 13.5 Å². The van der Waals surface area contributed by atoms with Gasteiger partial charge >= 0.3 is 0 Å². The van der Waals surface area contributed by atoms with Crippen molar-refractivity contribution in [3.05, 3.63) is 41.6 Å². The number of rotatable bonds is 4. The van der Waals surface area contributed by atoms with Gasteiger partial charge in [-0.05, 0) is 24.1 Å². The highest BCUT2D eigenvalue weighted by Crippen LogP contribution is 2.23. The second kappa shape index (κ2) is 4.78. The maximum atomic E-state index is 5.54. The van der Waals surface area contributed by atoms with E-state index in [9.17, 15) is 0 Å². The second-order valence-electron chi connectivity index (χ2n) is 5.03. The van der Waals surface area contributed by atoms with Gasteiger partial charge in [0.1, 0.15) is 5.76 Å². The summed E-state index contributed by atoms with van der Waals surface area (Å²) >= 11 is 0. The Labute approximate surface area is 102 Å². The van der Waals surface area contributed by atoms with E-state index in [1.807, 2.05) is 24.2 Å². The van der Waals surface area contributed by atoms with E-state index in [1.54, 1.807) is 0 Å². The molecule has 92 valence electrons. The molecule has 0 aliphatic rings. The average molecular weight is 232 g/mol. The molecule has 0 aromatic carbocycles. The van der Waals surface area contributed by atoms with Crippen LogP contribution in [0.5, 0.6) is 0 Å². The zero-order chi connectivity index (χ0) is 12.4. The lowest BCUT2D eigenvalue weighted by atomic mass is 9.99. The molecular formula is C14H20N2O. The van der Waals surface area contributed by atoms with E-state index in [2.05, 4.69) is 38.0 Å². The maximum absolute atomic E-state index is 5.54. The van der Waals surface area contributed by atoms with Crippen LogP contribution in [0.25, 0.3) is 0 Å². The van der Waals surface area contributed by atoms with Crippen LogP contribution in [0.4, 0.5) is 0 Å². The van der Waals surface area contributed by atoms with Crippen molar-refractivity contribution in [2.75, 3.05) is 0 Å². The molecule has 0 aliphatic heterocycles. The Kier molecular flexibility index (Phi) is 3.36. The quantitative estimate of drug-likeness (QED) is 0.808. The summed E-state index contributed by atoms with van der Waals surface area (Å²) in [5.74, 6) is 1.94. The van der Waals surface area contributed by atoms with Crippen molar-refractivity contribution in [3.63, 3.8) is 0 Å². The lowest BCUT2D eigenvalue weighted by Crippen LogP contribution is -2.00. The highest BCUT2D eigenvalue weighted by molar-refractivity contribution is 5.19. The number of nitrogens with zero attached hydrogens (tertiary/aromatic N) is 2. The van der Waals surface area contributed by atoms with Crippen molar-refractivity contribution >= 4 is 0 Å². The van der Waals surface area contributed by atoms with Gasteiger partial charge in [0.15, 0.2) is 0 Å². The zero-order valence-corrected chi connectivity index (χ0v) is 11.0. The van der Waals surface area contributed by atoms with Gasteiger partial charge < -0.3 is 4.42 Å². The predicted octanol–water partition coefficient (Wildman–Crippen LogP) is 3.48. The molecule has 0 fully saturated rings. The normalized spacial score (nSPS) is 13.2. The number of furan rings is 1. The van der Waals surface area contributed by atoms with Gasteiger partial charge in [0.25, 0.3) is 0 Å². The van der Waals surface area contributed by atoms with Gasteiger partial charge in [0.2, 0.25) is 0 Å². The van der Waals surface area contributed by atoms with Gasteiger partial charge in [-0.25, -0.2) is 0 Å². The van der Waals surface area contributed by atoms with E-state index in [0.717, 1.165) is 17.9 Å². The molecule has 0 bridgehead atoms. The Hall–Kier alpha value is -1.51. The van der Waals surface area contributed by atoms with Crippen molar-refractivity contribution in [2.24, 2.45) is 7.05 Å². The molecule has 2 heterocycles. The van der Waals surface area contributed by atoms with Crippen LogP contribution in [0.15, 0.2) is 29.0 Å². The number of aromatic nitrogens is 2. The standard InChI is InChI=1S/C14H20N2O/c1-10(2)14-8-12(9-17-14)7-11(3)13-5-6-16(4)15-13/h5-6,8-11H,7H2,1-4H3. The van der Waals surface area contributed by atoms with Crippen LogP contribution in [0.3, 0.4) is 0 Å². The van der Waals surface area contributed by atoms with Crippen LogP contribution < -0.4 is 0 Å². The molecule has 2 aromatic heterocycles. The maximum Gasteiger partial charge on any atom is 0.106 e. The summed E-state index contributed by atoms with van der Waals surface area (Å²) in [4.78, 5) is 0. The Morgan fingerprint density at radius 3 is 2.65 bits per heavy atom. The van der Waals surface area contributed by atoms with Crippen LogP contribution in [0.2, 0.25) is 0 Å². The minimum absolute atomic E-state index is 0.425. The molecule has 17 heavy (non-hydrogen) atoms. The lowest BCUT2D eigenvalue weighted by molar-refractivity contribution is 0.485. The fourth-order valence-corrected chi connectivity index (χ4v) is 1.96. The number of hydrogen-bond acceptors (Lipinski definition) is 2. The van der Waals surface area contributed by atoms with Crippen LogP contribution in [-0.4, -0.2) is 9.78 Å². The Balaban J connectivity index is 2.05. The molecule has 3 nitrogen and oxygen atoms in total. The first-order valence-electron chi connectivity index (χ1n) is 6.13. The van der Waals surface area contributed by atoms with E-state index in [-0.39, 0.29) is 0 Å². The monoisotopic (exact) mass is 232 g/mol. The third-order valence-corrected chi connectivity index (χ3v) is 3.02. The summed E-state index contributed by atoms with van der Waals surface area (Å²) in [6.07, 6.45) is 4.84. The molecule has 1 unspecified atom stereocenters. The van der Waals surface area contributed by atoms with Gasteiger partial charge in [0, 0.05) is 25.1 Å². The number of hydrogen-bond donors (Lipinski definition) is 0. The molecule has 0 saturated heterocycles. The molecule has 2 aromatic rings. The Bertz CT molecular complexity index is 482. The van der Waals surface area contributed by atoms with E-state index in [4.69, 9.17) is 4.42 Å². The van der Waals surface area contributed by atoms with Crippen LogP contribution >= 0.6 is 0 Å². The van der Waals surface area contributed by atoms with Crippen molar-refractivity contribution in [1.29, 1.82) is 0 Å². The van der Waals surface area contributed by atoms with Gasteiger partial charge in [0.05, 0.1) is 12.0 Å². The van der Waals surface area contributed by atoms with E-state index in [0.29, 0.717) is 11.8 Å². The first-order valence-corrected chi connectivity index (χ1v) is 6.13. The fourth-order valence-electron chi connectivity index (χ4n) is 1.96. The Morgan fingerprint density at radius 1 is 1.35 bits per heavy atom. The highest BCUT2D eigenvalue weighted by Gasteiger charge is 2.12. The largest absolute Gasteiger partial charge is 0.469 e. The second-order valence-corrected chi connectivity index (χ2v) is 5.03. The van der Waals surface area contributed by atoms with E-state index >= 15 is 0 Å². The summed E-state index contributed by atoms with van der Waals surface area (Å²) in [6, 6.07) is 4.23. The summed E-state index contributed by atoms with van der Waals surface area (Å²) in [6.45, 7) is 6.49. The first-order chi connectivity index (χ1) is 8.06. The average Bonchev–Trinajstić information content (AvgIpc) is 2.86. The first kappa shape index (κ1) is 12.0. The smallest absolute Gasteiger partial charge is 0.106 e. The molecule has 0 N–H and O–H groups in total. The van der Waals surface area contributed by atoms with Crippen molar-refractivity contribution in [3.8, 4) is 0 Å². The molecular weight excluding hydrogens is 212 g/mol. The molecule has 3 heteroatoms. The third kappa shape index (κ3) is 2.78. The molecule has 0 saturated carbocycles. The minimum Gasteiger partial charge on any atom is -0.469 e. The lowest BCUT2D eigenvalue weighted by Gasteiger charge is -2.05. The Morgan fingerprint density at radius 2 is 2.12 bits per heavy atom. The van der Waals surface area contributed by atoms with Crippen molar-refractivity contribution in [1.82, 2.24) is 9.78 Å². The molecule has 2 rings (SSSR count). The molecule has 0 amide bonds. The summed E-state index contributed by atoms with van der Waals surface area (Å²) in [5, 5.41) is 4.43. The molecule has 0 aliphatic carbocycles. The predicted molar refractivity (Wildman–Crippen MR) is 68.1 cm³/mol. The van der Waals surface area contributed by atoms with Crippen LogP contribution in [0.1, 0.15) is 49.6 Å². The SMILES string of the molecule is CC(C)c1cc(CC(C)c2ccn(C)n2)co1. The van der Waals surface area contributed by atoms with Gasteiger partial charge in [-0.1, -0.05) is 20.8 Å². The number of aryl methyl sites for hydroxylation is 1. The molecule has 0 radical (unpaired) electrons. The van der Waals surface area contributed by atoms with Crippen molar-refractivity contribution < 1.29 is 4.42 Å². The minimum atomic E-state index is 0.425. The highest BCUT2D eigenvalue weighted by atomic mass is 16.3. The van der Waals surface area contributed by atoms with Crippen molar-refractivity contribution in [2.45, 2.75) is 39.0 Å². The fraction of sp³-hybridized carbons (Fsp3) is 0.500. The summed E-state index contributed by atoms with van der Waals surface area (Å²) < 4.78 is 7.39. The van der Waals surface area contributed by atoms with E-state index in [1.165, 1.54) is 5.56 Å². The zero-order valence-electron chi connectivity index (χ0n) is 11.0. The summed E-state index contributed by atoms with van der Waals surface area (Å²) in [5.41, 5.74) is 2.40. The summed E-state index contributed by atoms with van der Waals surface area (Å²) in [7, 11) is 1.95. The van der Waals surface area contributed by atoms with E-state index < -0.39 is 0 Å². The van der Waals surface area contributed by atoms with Gasteiger partial charge in [-0.3, -0.25) is 4.68 Å². The molecule has 0 spiro atoms. The molecule has 1 atom stereocenters. The van der Waals surface area contributed by atoms with Gasteiger partial charge in [-0.15, -0.1) is 0 Å². The topological polar surface area (TPSA) is 31.0 Å². The third-order valence-electron chi connectivity index (χ3n) is 3.02. The van der Waals surface area contributed by atoms with Gasteiger partial charge in [-0.2, -0.15) is 5.10 Å². The van der Waals surface area contributed by atoms with Crippen LogP contribution in [0, 0.1) is 0 Å².